The van der Waals surface area contributed by atoms with Gasteiger partial charge in [-0.3, -0.25) is 0 Å². The highest BCUT2D eigenvalue weighted by Gasteiger charge is 2.18. The van der Waals surface area contributed by atoms with Crippen LogP contribution in [-0.4, -0.2) is 30.8 Å². The van der Waals surface area contributed by atoms with Gasteiger partial charge in [0.2, 0.25) is 5.89 Å². The Balaban J connectivity index is 1.72. The topological polar surface area (TPSA) is 99.4 Å². The largest absolute Gasteiger partial charge is 0.452 e. The van der Waals surface area contributed by atoms with Gasteiger partial charge in [0.05, 0.1) is 15.5 Å². The normalized spacial score (nSPS) is 11.4. The number of esters is 1. The lowest BCUT2D eigenvalue weighted by molar-refractivity contribution is 0.0438. The fourth-order valence-corrected chi connectivity index (χ4v) is 3.22. The molecule has 0 amide bonds. The Hall–Kier alpha value is -2.23. The summed E-state index contributed by atoms with van der Waals surface area (Å²) < 4.78 is 34.7. The molecule has 27 heavy (non-hydrogen) atoms. The van der Waals surface area contributed by atoms with Crippen LogP contribution in [0.3, 0.4) is 0 Å². The molecule has 0 fully saturated rings. The van der Waals surface area contributed by atoms with Gasteiger partial charge in [0, 0.05) is 16.3 Å². The molecule has 0 N–H and O–H groups in total. The fourth-order valence-electron chi connectivity index (χ4n) is 2.12. The van der Waals surface area contributed by atoms with E-state index < -0.39 is 15.8 Å². The van der Waals surface area contributed by atoms with Gasteiger partial charge in [-0.25, -0.2) is 13.2 Å². The molecule has 0 aliphatic heterocycles. The maximum atomic E-state index is 12.2. The lowest BCUT2D eigenvalue weighted by Gasteiger charge is -2.06. The third-order valence-electron chi connectivity index (χ3n) is 3.47. The summed E-state index contributed by atoms with van der Waals surface area (Å²) in [6.07, 6.45) is 1.04. The molecular formula is C17H12BrClN2O5S. The van der Waals surface area contributed by atoms with Crippen LogP contribution in [0.15, 0.2) is 56.2 Å². The van der Waals surface area contributed by atoms with E-state index in [1.807, 2.05) is 12.1 Å². The Bertz CT molecular complexity index is 1100. The third kappa shape index (κ3) is 4.74. The van der Waals surface area contributed by atoms with E-state index in [0.29, 0.717) is 5.56 Å². The van der Waals surface area contributed by atoms with Gasteiger partial charge < -0.3 is 9.15 Å². The summed E-state index contributed by atoms with van der Waals surface area (Å²) in [6.45, 7) is -0.276. The number of hydrogen-bond donors (Lipinski definition) is 0. The van der Waals surface area contributed by atoms with Crippen molar-refractivity contribution in [2.24, 2.45) is 0 Å². The van der Waals surface area contributed by atoms with Crippen LogP contribution in [0.2, 0.25) is 5.02 Å². The smallest absolute Gasteiger partial charge is 0.340 e. The summed E-state index contributed by atoms with van der Waals surface area (Å²) in [4.78, 5) is 12.2. The SMILES string of the molecule is CS(=O)(=O)c1ccc(Cl)c(C(=O)OCc2nnc(-c3ccc(Br)cc3)o2)c1. The molecule has 0 unspecified atom stereocenters. The molecule has 0 atom stereocenters. The average Bonchev–Trinajstić information content (AvgIpc) is 3.08. The number of halogens is 2. The molecule has 3 aromatic rings. The van der Waals surface area contributed by atoms with Crippen molar-refractivity contribution in [2.75, 3.05) is 6.26 Å². The van der Waals surface area contributed by atoms with Crippen molar-refractivity contribution in [2.45, 2.75) is 11.5 Å². The molecule has 140 valence electrons. The zero-order valence-corrected chi connectivity index (χ0v) is 17.0. The van der Waals surface area contributed by atoms with Crippen molar-refractivity contribution >= 4 is 43.3 Å². The number of ether oxygens (including phenoxy) is 1. The predicted octanol–water partition coefficient (Wildman–Crippen LogP) is 3.91. The van der Waals surface area contributed by atoms with E-state index in [1.165, 1.54) is 18.2 Å². The van der Waals surface area contributed by atoms with Crippen LogP contribution >= 0.6 is 27.5 Å². The Labute approximate surface area is 168 Å². The van der Waals surface area contributed by atoms with Crippen LogP contribution in [0.4, 0.5) is 0 Å². The first-order chi connectivity index (χ1) is 12.7. The molecule has 0 spiro atoms. The second kappa shape index (κ2) is 7.79. The molecule has 10 heteroatoms. The summed E-state index contributed by atoms with van der Waals surface area (Å²) in [5, 5.41) is 7.80. The average molecular weight is 472 g/mol. The van der Waals surface area contributed by atoms with Crippen molar-refractivity contribution in [1.82, 2.24) is 10.2 Å². The molecular weight excluding hydrogens is 460 g/mol. The van der Waals surface area contributed by atoms with Crippen molar-refractivity contribution in [3.8, 4) is 11.5 Å². The van der Waals surface area contributed by atoms with Crippen LogP contribution in [0.1, 0.15) is 16.2 Å². The third-order valence-corrected chi connectivity index (χ3v) is 5.44. The predicted molar refractivity (Wildman–Crippen MR) is 101 cm³/mol. The minimum Gasteiger partial charge on any atom is -0.452 e. The van der Waals surface area contributed by atoms with Gasteiger partial charge in [-0.2, -0.15) is 0 Å². The molecule has 0 saturated heterocycles. The maximum absolute atomic E-state index is 12.2. The van der Waals surface area contributed by atoms with E-state index in [1.54, 1.807) is 12.1 Å². The zero-order valence-electron chi connectivity index (χ0n) is 13.8. The van der Waals surface area contributed by atoms with Crippen LogP contribution in [0.25, 0.3) is 11.5 Å². The quantitative estimate of drug-likeness (QED) is 0.520. The lowest BCUT2D eigenvalue weighted by atomic mass is 10.2. The van der Waals surface area contributed by atoms with E-state index >= 15 is 0 Å². The van der Waals surface area contributed by atoms with Gasteiger partial charge in [0.15, 0.2) is 16.4 Å². The molecule has 3 rings (SSSR count). The standard InChI is InChI=1S/C17H12BrClN2O5S/c1-27(23,24)12-6-7-14(19)13(8-12)17(22)25-9-15-20-21-16(26-15)10-2-4-11(18)5-3-10/h2-8H,9H2,1H3. The van der Waals surface area contributed by atoms with E-state index in [0.717, 1.165) is 10.7 Å². The molecule has 0 bridgehead atoms. The first-order valence-corrected chi connectivity index (χ1v) is 10.6. The molecule has 0 saturated carbocycles. The van der Waals surface area contributed by atoms with Crippen LogP contribution in [0.5, 0.6) is 0 Å². The number of rotatable bonds is 5. The summed E-state index contributed by atoms with van der Waals surface area (Å²) in [7, 11) is -3.48. The molecule has 2 aromatic carbocycles. The van der Waals surface area contributed by atoms with Gasteiger partial charge in [-0.1, -0.05) is 27.5 Å². The summed E-state index contributed by atoms with van der Waals surface area (Å²) >= 11 is 9.31. The minimum absolute atomic E-state index is 0.0332. The van der Waals surface area contributed by atoms with Crippen molar-refractivity contribution in [3.63, 3.8) is 0 Å². The first kappa shape index (κ1) is 19.5. The highest BCUT2D eigenvalue weighted by Crippen LogP contribution is 2.23. The van der Waals surface area contributed by atoms with E-state index in [-0.39, 0.29) is 33.9 Å². The Morgan fingerprint density at radius 1 is 1.19 bits per heavy atom. The zero-order chi connectivity index (χ0) is 19.6. The lowest BCUT2D eigenvalue weighted by Crippen LogP contribution is -2.08. The van der Waals surface area contributed by atoms with Crippen LogP contribution in [-0.2, 0) is 21.2 Å². The number of carbonyl (C=O) groups excluding carboxylic acids is 1. The number of aromatic nitrogens is 2. The Morgan fingerprint density at radius 3 is 2.56 bits per heavy atom. The van der Waals surface area contributed by atoms with Gasteiger partial charge >= 0.3 is 5.97 Å². The Kier molecular flexibility index (Phi) is 5.64. The minimum atomic E-state index is -3.48. The second-order valence-corrected chi connectivity index (χ2v) is 8.84. The summed E-state index contributed by atoms with van der Waals surface area (Å²) in [5.74, 6) is -0.420. The molecule has 1 heterocycles. The maximum Gasteiger partial charge on any atom is 0.340 e. The number of benzene rings is 2. The van der Waals surface area contributed by atoms with Gasteiger partial charge in [-0.05, 0) is 42.5 Å². The molecule has 0 aliphatic rings. The van der Waals surface area contributed by atoms with Gasteiger partial charge in [-0.15, -0.1) is 10.2 Å². The number of sulfone groups is 1. The monoisotopic (exact) mass is 470 g/mol. The van der Waals surface area contributed by atoms with Crippen molar-refractivity contribution in [3.05, 3.63) is 63.4 Å². The number of hydrogen-bond acceptors (Lipinski definition) is 7. The number of carbonyl (C=O) groups is 1. The highest BCUT2D eigenvalue weighted by molar-refractivity contribution is 9.10. The molecule has 0 aliphatic carbocycles. The van der Waals surface area contributed by atoms with Crippen molar-refractivity contribution in [1.29, 1.82) is 0 Å². The van der Waals surface area contributed by atoms with Gasteiger partial charge in [0.1, 0.15) is 0 Å². The van der Waals surface area contributed by atoms with Gasteiger partial charge in [0.25, 0.3) is 5.89 Å². The fraction of sp³-hybridized carbons (Fsp3) is 0.118. The highest BCUT2D eigenvalue weighted by atomic mass is 79.9. The molecule has 0 radical (unpaired) electrons. The molecule has 1 aromatic heterocycles. The van der Waals surface area contributed by atoms with E-state index in [4.69, 9.17) is 20.8 Å². The van der Waals surface area contributed by atoms with E-state index in [2.05, 4.69) is 26.1 Å². The van der Waals surface area contributed by atoms with Crippen LogP contribution < -0.4 is 0 Å². The summed E-state index contributed by atoms with van der Waals surface area (Å²) in [6, 6.07) is 11.1. The van der Waals surface area contributed by atoms with Crippen LogP contribution in [0, 0.1) is 0 Å². The second-order valence-electron chi connectivity index (χ2n) is 5.50. The summed E-state index contributed by atoms with van der Waals surface area (Å²) in [5.41, 5.74) is 0.652. The first-order valence-electron chi connectivity index (χ1n) is 7.49. The molecule has 7 nitrogen and oxygen atoms in total. The van der Waals surface area contributed by atoms with E-state index in [9.17, 15) is 13.2 Å². The number of nitrogens with zero attached hydrogens (tertiary/aromatic N) is 2. The van der Waals surface area contributed by atoms with Crippen molar-refractivity contribution < 1.29 is 22.4 Å². The Morgan fingerprint density at radius 2 is 1.89 bits per heavy atom.